The molecule has 21 heavy (non-hydrogen) atoms. The minimum Gasteiger partial charge on any atom is -0.480 e. The Morgan fingerprint density at radius 2 is 2.10 bits per heavy atom. The zero-order chi connectivity index (χ0) is 15.5. The van der Waals surface area contributed by atoms with Crippen LogP contribution in [0.5, 0.6) is 0 Å². The lowest BCUT2D eigenvalue weighted by atomic mass is 9.71. The second kappa shape index (κ2) is 6.64. The van der Waals surface area contributed by atoms with E-state index in [1.54, 1.807) is 4.90 Å². The Kier molecular flexibility index (Phi) is 5.08. The number of urea groups is 1. The molecule has 0 aromatic rings. The first-order chi connectivity index (χ1) is 9.96. The van der Waals surface area contributed by atoms with Gasteiger partial charge in [0.2, 0.25) is 0 Å². The van der Waals surface area contributed by atoms with Crippen LogP contribution in [0.4, 0.5) is 4.79 Å². The number of likely N-dealkylation sites (tertiary alicyclic amines) is 1. The molecule has 0 bridgehead atoms. The number of hydrogen-bond donors (Lipinski definition) is 2. The standard InChI is InChI=1S/C15H26N2O4/c1-2-8-16(11-13(18)19)14(20)17-9-7-15(21)6-4-3-5-12(15)10-17/h12,21H,2-11H2,1H3,(H,18,19). The van der Waals surface area contributed by atoms with Crippen LogP contribution in [0.1, 0.15) is 45.4 Å². The van der Waals surface area contributed by atoms with Crippen molar-refractivity contribution in [3.63, 3.8) is 0 Å². The van der Waals surface area contributed by atoms with Gasteiger partial charge in [0.05, 0.1) is 5.60 Å². The summed E-state index contributed by atoms with van der Waals surface area (Å²) in [6.07, 6.45) is 5.28. The highest BCUT2D eigenvalue weighted by Crippen LogP contribution is 2.39. The van der Waals surface area contributed by atoms with Crippen molar-refractivity contribution in [1.82, 2.24) is 9.80 Å². The van der Waals surface area contributed by atoms with Gasteiger partial charge in [-0.15, -0.1) is 0 Å². The molecule has 120 valence electrons. The quantitative estimate of drug-likeness (QED) is 0.824. The average molecular weight is 298 g/mol. The van der Waals surface area contributed by atoms with Gasteiger partial charge in [-0.05, 0) is 25.7 Å². The predicted octanol–water partition coefficient (Wildman–Crippen LogP) is 1.53. The second-order valence-electron chi connectivity index (χ2n) is 6.34. The first kappa shape index (κ1) is 16.1. The van der Waals surface area contributed by atoms with Gasteiger partial charge in [0.25, 0.3) is 0 Å². The summed E-state index contributed by atoms with van der Waals surface area (Å²) in [5.41, 5.74) is -0.614. The number of fused-ring (bicyclic) bond motifs is 1. The lowest BCUT2D eigenvalue weighted by molar-refractivity contribution is -0.138. The van der Waals surface area contributed by atoms with Crippen LogP contribution < -0.4 is 0 Å². The van der Waals surface area contributed by atoms with Crippen LogP contribution >= 0.6 is 0 Å². The minimum atomic E-state index is -0.983. The van der Waals surface area contributed by atoms with Crippen LogP contribution in [0.15, 0.2) is 0 Å². The van der Waals surface area contributed by atoms with Crippen molar-refractivity contribution in [2.45, 2.75) is 51.0 Å². The fraction of sp³-hybridized carbons (Fsp3) is 0.867. The van der Waals surface area contributed by atoms with E-state index in [-0.39, 0.29) is 18.5 Å². The summed E-state index contributed by atoms with van der Waals surface area (Å²) in [5, 5.41) is 19.6. The molecular weight excluding hydrogens is 272 g/mol. The Morgan fingerprint density at radius 1 is 1.33 bits per heavy atom. The number of hydrogen-bond acceptors (Lipinski definition) is 3. The smallest absolute Gasteiger partial charge is 0.323 e. The highest BCUT2D eigenvalue weighted by atomic mass is 16.4. The number of amides is 2. The van der Waals surface area contributed by atoms with E-state index in [9.17, 15) is 14.7 Å². The zero-order valence-electron chi connectivity index (χ0n) is 12.8. The molecule has 1 aliphatic carbocycles. The molecule has 2 fully saturated rings. The van der Waals surface area contributed by atoms with Crippen molar-refractivity contribution in [1.29, 1.82) is 0 Å². The first-order valence-corrected chi connectivity index (χ1v) is 7.94. The fourth-order valence-corrected chi connectivity index (χ4v) is 3.62. The maximum Gasteiger partial charge on any atom is 0.323 e. The molecule has 1 saturated carbocycles. The number of carboxylic acids is 1. The molecule has 1 aliphatic heterocycles. The average Bonchev–Trinajstić information content (AvgIpc) is 2.44. The highest BCUT2D eigenvalue weighted by molar-refractivity contribution is 5.80. The van der Waals surface area contributed by atoms with Gasteiger partial charge in [0, 0.05) is 25.6 Å². The number of aliphatic hydroxyl groups is 1. The van der Waals surface area contributed by atoms with Crippen molar-refractivity contribution in [2.75, 3.05) is 26.2 Å². The van der Waals surface area contributed by atoms with Crippen molar-refractivity contribution in [2.24, 2.45) is 5.92 Å². The molecule has 0 aromatic heterocycles. The molecule has 0 spiro atoms. The van der Waals surface area contributed by atoms with Crippen LogP contribution in [0, 0.1) is 5.92 Å². The topological polar surface area (TPSA) is 81.1 Å². The van der Waals surface area contributed by atoms with Gasteiger partial charge in [0.15, 0.2) is 0 Å². The van der Waals surface area contributed by atoms with E-state index in [4.69, 9.17) is 5.11 Å². The van der Waals surface area contributed by atoms with Crippen molar-refractivity contribution >= 4 is 12.0 Å². The van der Waals surface area contributed by atoms with Gasteiger partial charge < -0.3 is 20.0 Å². The van der Waals surface area contributed by atoms with E-state index in [1.807, 2.05) is 6.92 Å². The van der Waals surface area contributed by atoms with Crippen LogP contribution in [0.3, 0.4) is 0 Å². The van der Waals surface area contributed by atoms with Gasteiger partial charge in [-0.25, -0.2) is 4.79 Å². The zero-order valence-corrected chi connectivity index (χ0v) is 12.8. The molecule has 2 aliphatic rings. The summed E-state index contributed by atoms with van der Waals surface area (Å²) in [6, 6.07) is -0.202. The van der Waals surface area contributed by atoms with E-state index in [1.165, 1.54) is 4.90 Å². The Morgan fingerprint density at radius 3 is 2.76 bits per heavy atom. The monoisotopic (exact) mass is 298 g/mol. The molecule has 6 nitrogen and oxygen atoms in total. The van der Waals surface area contributed by atoms with Gasteiger partial charge in [-0.1, -0.05) is 19.8 Å². The normalized spacial score (nSPS) is 28.9. The van der Waals surface area contributed by atoms with Gasteiger partial charge in [0.1, 0.15) is 6.54 Å². The van der Waals surface area contributed by atoms with Crippen molar-refractivity contribution in [3.05, 3.63) is 0 Å². The molecule has 0 radical (unpaired) electrons. The molecule has 2 N–H and O–H groups in total. The number of carbonyl (C=O) groups excluding carboxylic acids is 1. The third-order valence-electron chi connectivity index (χ3n) is 4.79. The van der Waals surface area contributed by atoms with E-state index in [2.05, 4.69) is 0 Å². The fourth-order valence-electron chi connectivity index (χ4n) is 3.62. The van der Waals surface area contributed by atoms with Crippen LogP contribution in [0.25, 0.3) is 0 Å². The molecule has 1 heterocycles. The van der Waals surface area contributed by atoms with Crippen molar-refractivity contribution < 1.29 is 19.8 Å². The van der Waals surface area contributed by atoms with Gasteiger partial charge in [-0.2, -0.15) is 0 Å². The van der Waals surface area contributed by atoms with Crippen LogP contribution in [-0.4, -0.2) is 63.8 Å². The summed E-state index contributed by atoms with van der Waals surface area (Å²) in [7, 11) is 0. The molecule has 6 heteroatoms. The van der Waals surface area contributed by atoms with E-state index in [0.29, 0.717) is 26.1 Å². The SMILES string of the molecule is CCCN(CC(=O)O)C(=O)N1CCC2(O)CCCCC2C1. The van der Waals surface area contributed by atoms with Gasteiger partial charge >= 0.3 is 12.0 Å². The van der Waals surface area contributed by atoms with E-state index < -0.39 is 11.6 Å². The molecular formula is C15H26N2O4. The number of carbonyl (C=O) groups is 2. The second-order valence-corrected chi connectivity index (χ2v) is 6.34. The minimum absolute atomic E-state index is 0.136. The third-order valence-corrected chi connectivity index (χ3v) is 4.79. The Balaban J connectivity index is 2.00. The van der Waals surface area contributed by atoms with Crippen LogP contribution in [0.2, 0.25) is 0 Å². The molecule has 2 unspecified atom stereocenters. The maximum absolute atomic E-state index is 12.5. The summed E-state index contributed by atoms with van der Waals surface area (Å²) < 4.78 is 0. The Labute approximate surface area is 125 Å². The van der Waals surface area contributed by atoms with Gasteiger partial charge in [-0.3, -0.25) is 4.79 Å². The number of piperidine rings is 1. The molecule has 2 atom stereocenters. The molecule has 2 rings (SSSR count). The lowest BCUT2D eigenvalue weighted by Crippen LogP contribution is -2.57. The number of rotatable bonds is 4. The highest BCUT2D eigenvalue weighted by Gasteiger charge is 2.44. The summed E-state index contributed by atoms with van der Waals surface area (Å²) in [5.74, 6) is -0.847. The molecule has 2 amide bonds. The Hall–Kier alpha value is -1.30. The largest absolute Gasteiger partial charge is 0.480 e. The first-order valence-electron chi connectivity index (χ1n) is 7.94. The molecule has 0 aromatic carbocycles. The summed E-state index contributed by atoms with van der Waals surface area (Å²) in [6.45, 7) is 3.20. The maximum atomic E-state index is 12.5. The van der Waals surface area contributed by atoms with Crippen LogP contribution in [-0.2, 0) is 4.79 Å². The predicted molar refractivity (Wildman–Crippen MR) is 78.0 cm³/mol. The number of nitrogens with zero attached hydrogens (tertiary/aromatic N) is 2. The van der Waals surface area contributed by atoms with E-state index >= 15 is 0 Å². The van der Waals surface area contributed by atoms with E-state index in [0.717, 1.165) is 32.1 Å². The lowest BCUT2D eigenvalue weighted by Gasteiger charge is -2.48. The summed E-state index contributed by atoms with van der Waals surface area (Å²) >= 11 is 0. The number of carboxylic acid groups (broad SMARTS) is 1. The summed E-state index contributed by atoms with van der Waals surface area (Å²) in [4.78, 5) is 26.5. The Bertz CT molecular complexity index is 401. The third kappa shape index (κ3) is 3.67. The molecule has 1 saturated heterocycles. The number of aliphatic carboxylic acids is 1. The van der Waals surface area contributed by atoms with Crippen molar-refractivity contribution in [3.8, 4) is 0 Å².